The molecule has 2 amide bonds. The number of amides is 2. The van der Waals surface area contributed by atoms with Crippen LogP contribution in [0.25, 0.3) is 0 Å². The van der Waals surface area contributed by atoms with Crippen molar-refractivity contribution < 1.29 is 42.3 Å². The Morgan fingerprint density at radius 3 is 2.82 bits per heavy atom. The van der Waals surface area contributed by atoms with E-state index in [0.29, 0.717) is 0 Å². The average Bonchev–Trinajstić information content (AvgIpc) is 2.98. The van der Waals surface area contributed by atoms with E-state index in [2.05, 4.69) is 11.2 Å². The molecule has 0 saturated carbocycles. The summed E-state index contributed by atoms with van der Waals surface area (Å²) in [7, 11) is -4.04. The molecule has 1 unspecified atom stereocenters. The van der Waals surface area contributed by atoms with Gasteiger partial charge in [0, 0.05) is 6.20 Å². The van der Waals surface area contributed by atoms with Gasteiger partial charge in [0.25, 0.3) is 0 Å². The maximum Gasteiger partial charge on any atom is 0.475 e. The number of fused-ring (bicyclic) bond motifs is 1. The van der Waals surface area contributed by atoms with Crippen LogP contribution in [0.15, 0.2) is 12.3 Å². The van der Waals surface area contributed by atoms with Gasteiger partial charge in [0.05, 0.1) is 25.7 Å². The fourth-order valence-electron chi connectivity index (χ4n) is 3.79. The molecular weight excluding hydrogens is 455 g/mol. The molecule has 3 aliphatic rings. The number of aliphatic hydroxyl groups excluding tert-OH is 1. The molecule has 3 heterocycles. The Labute approximate surface area is 193 Å². The number of urea groups is 1. The van der Waals surface area contributed by atoms with Gasteiger partial charge >= 0.3 is 19.8 Å². The van der Waals surface area contributed by atoms with Crippen LogP contribution in [0.3, 0.4) is 0 Å². The molecule has 0 spiro atoms. The monoisotopic (exact) mass is 486 g/mol. The van der Waals surface area contributed by atoms with Gasteiger partial charge in [-0.3, -0.25) is 23.3 Å². The molecule has 2 fully saturated rings. The predicted molar refractivity (Wildman–Crippen MR) is 115 cm³/mol. The minimum atomic E-state index is -4.04. The number of nitrogens with one attached hydrogen (secondary N) is 1. The standard InChI is InChI=1S/C21H31N2O9P/c1-7-21(6)17-14(31-18(21)23-9-8-15(24)22-19(23)26)11-28-33(27,32-17)29-12-20(4,5)10-16(25)30-13(2)3/h1,8-9,13-15,17-18,24H,10-12H2,2-6H3,(H,22,26)/t14-,15?,17-,18-,21-,33-/m1/s1. The molecule has 3 rings (SSSR count). The molecule has 2 saturated heterocycles. The van der Waals surface area contributed by atoms with E-state index in [-0.39, 0.29) is 25.7 Å². The highest BCUT2D eigenvalue weighted by Gasteiger charge is 2.61. The Balaban J connectivity index is 1.70. The number of carbonyl (C=O) groups excluding carboxylic acids is 2. The van der Waals surface area contributed by atoms with Crippen molar-refractivity contribution in [2.75, 3.05) is 13.2 Å². The smallest absolute Gasteiger partial charge is 0.463 e. The topological polar surface area (TPSA) is 133 Å². The van der Waals surface area contributed by atoms with Gasteiger partial charge < -0.3 is 19.9 Å². The van der Waals surface area contributed by atoms with Gasteiger partial charge in [0.1, 0.15) is 23.9 Å². The Morgan fingerprint density at radius 2 is 2.21 bits per heavy atom. The molecule has 184 valence electrons. The summed E-state index contributed by atoms with van der Waals surface area (Å²) in [6.45, 7) is 8.46. The van der Waals surface area contributed by atoms with Gasteiger partial charge in [0.15, 0.2) is 6.23 Å². The maximum atomic E-state index is 13.2. The normalized spacial score (nSPS) is 36.3. The highest BCUT2D eigenvalue weighted by molar-refractivity contribution is 7.48. The zero-order chi connectivity index (χ0) is 24.6. The molecule has 33 heavy (non-hydrogen) atoms. The van der Waals surface area contributed by atoms with Gasteiger partial charge in [-0.15, -0.1) is 6.42 Å². The number of carbonyl (C=O) groups is 2. The number of esters is 1. The van der Waals surface area contributed by atoms with Crippen LogP contribution in [0.4, 0.5) is 4.79 Å². The van der Waals surface area contributed by atoms with Crippen molar-refractivity contribution in [3.63, 3.8) is 0 Å². The zero-order valence-electron chi connectivity index (χ0n) is 19.3. The third-order valence-corrected chi connectivity index (χ3v) is 6.88. The zero-order valence-corrected chi connectivity index (χ0v) is 20.2. The summed E-state index contributed by atoms with van der Waals surface area (Å²) in [6, 6.07) is -0.606. The van der Waals surface area contributed by atoms with Crippen LogP contribution in [0.1, 0.15) is 41.0 Å². The number of phosphoric ester groups is 1. The molecule has 0 aromatic heterocycles. The SMILES string of the molecule is C#C[C@]1(C)[C@@H]2O[P@@](=O)(OCC(C)(C)CC(=O)OC(C)C)OC[C@H]2O[C@H]1N1C=CC(O)NC1=O. The summed E-state index contributed by atoms with van der Waals surface area (Å²) in [4.78, 5) is 25.6. The number of terminal acetylenes is 1. The predicted octanol–water partition coefficient (Wildman–Crippen LogP) is 2.12. The van der Waals surface area contributed by atoms with Gasteiger partial charge in [-0.05, 0) is 32.3 Å². The number of phosphoric acid groups is 1. The summed E-state index contributed by atoms with van der Waals surface area (Å²) in [5.41, 5.74) is -1.90. The Hall–Kier alpha value is -1.93. The van der Waals surface area contributed by atoms with Crippen molar-refractivity contribution in [1.29, 1.82) is 0 Å². The highest BCUT2D eigenvalue weighted by Crippen LogP contribution is 2.60. The van der Waals surface area contributed by atoms with Crippen molar-refractivity contribution >= 4 is 19.8 Å². The molecule has 0 aromatic rings. The second-order valence-electron chi connectivity index (χ2n) is 9.52. The number of hydrogen-bond acceptors (Lipinski definition) is 9. The molecule has 6 atom stereocenters. The van der Waals surface area contributed by atoms with E-state index in [1.165, 1.54) is 17.2 Å². The van der Waals surface area contributed by atoms with Crippen molar-refractivity contribution in [2.24, 2.45) is 10.8 Å². The maximum absolute atomic E-state index is 13.2. The van der Waals surface area contributed by atoms with E-state index >= 15 is 0 Å². The van der Waals surface area contributed by atoms with Crippen LogP contribution < -0.4 is 5.32 Å². The van der Waals surface area contributed by atoms with Gasteiger partial charge in [0.2, 0.25) is 0 Å². The number of ether oxygens (including phenoxy) is 2. The van der Waals surface area contributed by atoms with Crippen molar-refractivity contribution in [3.8, 4) is 12.3 Å². The first-order valence-corrected chi connectivity index (χ1v) is 12.1. The Morgan fingerprint density at radius 1 is 1.52 bits per heavy atom. The lowest BCUT2D eigenvalue weighted by molar-refractivity contribution is -0.150. The van der Waals surface area contributed by atoms with Crippen molar-refractivity contribution in [3.05, 3.63) is 12.3 Å². The van der Waals surface area contributed by atoms with Crippen LogP contribution in [0, 0.1) is 23.2 Å². The summed E-state index contributed by atoms with van der Waals surface area (Å²) < 4.78 is 41.0. The van der Waals surface area contributed by atoms with E-state index < -0.39 is 55.3 Å². The lowest BCUT2D eigenvalue weighted by Crippen LogP contribution is -2.54. The minimum Gasteiger partial charge on any atom is -0.463 e. The molecule has 0 aliphatic carbocycles. The lowest BCUT2D eigenvalue weighted by atomic mass is 9.83. The van der Waals surface area contributed by atoms with Crippen LogP contribution >= 0.6 is 7.82 Å². The van der Waals surface area contributed by atoms with E-state index in [0.717, 1.165) is 0 Å². The van der Waals surface area contributed by atoms with Crippen LogP contribution in [-0.4, -0.2) is 66.0 Å². The second kappa shape index (κ2) is 9.37. The fourth-order valence-corrected chi connectivity index (χ4v) is 5.46. The van der Waals surface area contributed by atoms with Gasteiger partial charge in [-0.1, -0.05) is 19.8 Å². The molecule has 2 N–H and O–H groups in total. The third kappa shape index (κ3) is 5.60. The van der Waals surface area contributed by atoms with E-state index in [1.54, 1.807) is 34.6 Å². The summed E-state index contributed by atoms with van der Waals surface area (Å²) >= 11 is 0. The Bertz CT molecular complexity index is 899. The molecule has 0 radical (unpaired) electrons. The molecule has 0 aromatic carbocycles. The number of rotatable bonds is 7. The van der Waals surface area contributed by atoms with Crippen molar-refractivity contribution in [2.45, 2.75) is 71.8 Å². The fraction of sp³-hybridized carbons (Fsp3) is 0.714. The van der Waals surface area contributed by atoms with E-state index in [1.807, 2.05) is 0 Å². The molecule has 0 bridgehead atoms. The average molecular weight is 486 g/mol. The summed E-state index contributed by atoms with van der Waals surface area (Å²) in [5.74, 6) is 2.22. The quantitative estimate of drug-likeness (QED) is 0.315. The van der Waals surface area contributed by atoms with Crippen LogP contribution in [0.2, 0.25) is 0 Å². The first-order valence-electron chi connectivity index (χ1n) is 10.6. The van der Waals surface area contributed by atoms with E-state index in [9.17, 15) is 19.3 Å². The minimum absolute atomic E-state index is 0.0484. The van der Waals surface area contributed by atoms with Crippen molar-refractivity contribution in [1.82, 2.24) is 10.2 Å². The lowest BCUT2D eigenvalue weighted by Gasteiger charge is -2.38. The van der Waals surface area contributed by atoms with E-state index in [4.69, 9.17) is 29.5 Å². The van der Waals surface area contributed by atoms with Crippen LogP contribution in [0.5, 0.6) is 0 Å². The molecule has 3 aliphatic heterocycles. The second-order valence-corrected chi connectivity index (χ2v) is 11.1. The first-order chi connectivity index (χ1) is 15.3. The summed E-state index contributed by atoms with van der Waals surface area (Å²) in [5, 5.41) is 11.9. The Kier molecular flexibility index (Phi) is 7.30. The van der Waals surface area contributed by atoms with Crippen LogP contribution in [-0.2, 0) is 32.4 Å². The highest BCUT2D eigenvalue weighted by atomic mass is 31.2. The number of aliphatic hydroxyl groups is 1. The number of nitrogens with zero attached hydrogens (tertiary/aromatic N) is 1. The first kappa shape index (κ1) is 25.7. The van der Waals surface area contributed by atoms with Gasteiger partial charge in [-0.2, -0.15) is 0 Å². The van der Waals surface area contributed by atoms with Gasteiger partial charge in [-0.25, -0.2) is 9.36 Å². The number of hydrogen-bond donors (Lipinski definition) is 2. The third-order valence-electron chi connectivity index (χ3n) is 5.49. The largest absolute Gasteiger partial charge is 0.475 e. The molecule has 11 nitrogen and oxygen atoms in total. The molecular formula is C21H31N2O9P. The molecule has 12 heteroatoms. The summed E-state index contributed by atoms with van der Waals surface area (Å²) in [6.07, 6.45) is 4.67.